The Bertz CT molecular complexity index is 4210. The highest BCUT2D eigenvalue weighted by Gasteiger charge is 2.42. The van der Waals surface area contributed by atoms with E-state index in [0.717, 1.165) is 92.4 Å². The zero-order chi connectivity index (χ0) is 62.2. The van der Waals surface area contributed by atoms with Crippen LogP contribution in [0.25, 0.3) is 44.1 Å². The van der Waals surface area contributed by atoms with Gasteiger partial charge in [0.1, 0.15) is 46.0 Å². The first-order valence-electron chi connectivity index (χ1n) is 32.2. The molecule has 0 fully saturated rings. The Kier molecular flexibility index (Phi) is 13.1. The van der Waals surface area contributed by atoms with E-state index in [9.17, 15) is 0 Å². The molecule has 5 aliphatic rings. The highest BCUT2D eigenvalue weighted by Crippen LogP contribution is 2.61. The Hall–Kier alpha value is -10.5. The van der Waals surface area contributed by atoms with Gasteiger partial charge in [0.15, 0.2) is 0 Å². The fraction of sp³-hybridized carbons (Fsp3) is 0.263. The number of rotatable bonds is 8. The second-order valence-corrected chi connectivity index (χ2v) is 24.8. The summed E-state index contributed by atoms with van der Waals surface area (Å²) in [6.07, 6.45) is 5.92. The van der Waals surface area contributed by atoms with E-state index in [2.05, 4.69) is 79.7 Å². The van der Waals surface area contributed by atoms with Gasteiger partial charge in [0, 0.05) is 90.4 Å². The van der Waals surface area contributed by atoms with Crippen molar-refractivity contribution in [3.8, 4) is 93.0 Å². The number of ether oxygens (including phenoxy) is 8. The van der Waals surface area contributed by atoms with E-state index < -0.39 is 0 Å². The summed E-state index contributed by atoms with van der Waals surface area (Å²) in [6, 6.07) is 40.4. The summed E-state index contributed by atoms with van der Waals surface area (Å²) < 4.78 is 59.8. The summed E-state index contributed by atoms with van der Waals surface area (Å²) in [5.74, 6) is 4.54. The van der Waals surface area contributed by atoms with Gasteiger partial charge >= 0.3 is 0 Å². The predicted octanol–water partition coefficient (Wildman–Crippen LogP) is 20.3. The molecule has 17 rings (SSSR count). The summed E-state index contributed by atoms with van der Waals surface area (Å²) in [5, 5.41) is 0. The fourth-order valence-corrected chi connectivity index (χ4v) is 14.7. The molecule has 0 radical (unpaired) electrons. The van der Waals surface area contributed by atoms with Crippen molar-refractivity contribution in [3.05, 3.63) is 188 Å². The number of hydrogen-bond acceptors (Lipinski definition) is 16. The van der Waals surface area contributed by atoms with Crippen LogP contribution in [0, 0.1) is 27.7 Å². The number of benzene rings is 8. The molecule has 0 N–H and O–H groups in total. The van der Waals surface area contributed by atoms with Crippen LogP contribution in [0.2, 0.25) is 0 Å². The van der Waals surface area contributed by atoms with E-state index in [4.69, 9.17) is 77.8 Å². The van der Waals surface area contributed by atoms with E-state index in [1.807, 2.05) is 97.1 Å². The second kappa shape index (κ2) is 21.6. The van der Waals surface area contributed by atoms with Crippen LogP contribution < -0.4 is 37.9 Å². The van der Waals surface area contributed by atoms with Gasteiger partial charge in [-0.05, 0) is 126 Å². The Labute approximate surface area is 530 Å². The number of aromatic nitrogens is 8. The molecular formula is C76H64N8O8. The van der Waals surface area contributed by atoms with Crippen LogP contribution in [0.3, 0.4) is 0 Å². The van der Waals surface area contributed by atoms with Gasteiger partial charge in [-0.1, -0.05) is 102 Å². The lowest BCUT2D eigenvalue weighted by molar-refractivity contribution is 0.372. The number of fused-ring (bicyclic) bond motifs is 8. The van der Waals surface area contributed by atoms with E-state index in [1.54, 1.807) is 0 Å². The molecule has 0 amide bonds. The van der Waals surface area contributed by atoms with Crippen LogP contribution in [-0.4, -0.2) is 39.9 Å². The van der Waals surface area contributed by atoms with Crippen molar-refractivity contribution < 1.29 is 37.9 Å². The van der Waals surface area contributed by atoms with Crippen molar-refractivity contribution in [1.82, 2.24) is 39.9 Å². The fourth-order valence-electron chi connectivity index (χ4n) is 14.7. The zero-order valence-electron chi connectivity index (χ0n) is 52.4. The Balaban J connectivity index is 1.09. The topological polar surface area (TPSA) is 177 Å². The van der Waals surface area contributed by atoms with Gasteiger partial charge < -0.3 is 37.9 Å². The van der Waals surface area contributed by atoms with Gasteiger partial charge in [-0.15, -0.1) is 0 Å². The van der Waals surface area contributed by atoms with Gasteiger partial charge in [0.05, 0.1) is 44.1 Å². The smallest absolute Gasteiger partial charge is 0.284 e. The van der Waals surface area contributed by atoms with Crippen LogP contribution in [0.1, 0.15) is 169 Å². The van der Waals surface area contributed by atoms with Crippen LogP contribution in [0.5, 0.6) is 93.0 Å². The van der Waals surface area contributed by atoms with E-state index in [0.29, 0.717) is 116 Å². The van der Waals surface area contributed by atoms with E-state index in [-0.39, 0.29) is 70.7 Å². The summed E-state index contributed by atoms with van der Waals surface area (Å²) in [5.41, 5.74) is 15.4. The molecule has 92 heavy (non-hydrogen) atoms. The van der Waals surface area contributed by atoms with E-state index in [1.165, 1.54) is 0 Å². The normalized spacial score (nSPS) is 16.9. The lowest BCUT2D eigenvalue weighted by Gasteiger charge is -2.32. The van der Waals surface area contributed by atoms with Crippen molar-refractivity contribution in [1.29, 1.82) is 0 Å². The highest BCUT2D eigenvalue weighted by atomic mass is 16.6. The van der Waals surface area contributed by atoms with Crippen LogP contribution in [0.15, 0.2) is 121 Å². The Morgan fingerprint density at radius 1 is 0.239 bits per heavy atom. The van der Waals surface area contributed by atoms with Crippen molar-refractivity contribution >= 4 is 44.1 Å². The molecule has 0 unspecified atom stereocenters. The molecule has 16 heteroatoms. The third-order valence-electron chi connectivity index (χ3n) is 19.0. The molecule has 0 spiro atoms. The third kappa shape index (κ3) is 8.69. The van der Waals surface area contributed by atoms with Crippen molar-refractivity contribution in [3.63, 3.8) is 0 Å². The Morgan fingerprint density at radius 3 is 0.511 bits per heavy atom. The average molecular weight is 1220 g/mol. The van der Waals surface area contributed by atoms with Crippen molar-refractivity contribution in [2.24, 2.45) is 0 Å². The average Bonchev–Trinajstić information content (AvgIpc) is 1.42. The second-order valence-electron chi connectivity index (χ2n) is 24.8. The minimum Gasteiger partial charge on any atom is -0.434 e. The number of para-hydroxylation sites is 8. The van der Waals surface area contributed by atoms with E-state index >= 15 is 0 Å². The van der Waals surface area contributed by atoms with Crippen LogP contribution >= 0.6 is 0 Å². The molecule has 0 saturated carbocycles. The largest absolute Gasteiger partial charge is 0.434 e. The molecule has 4 aliphatic heterocycles. The molecule has 8 aromatic carbocycles. The monoisotopic (exact) mass is 1220 g/mol. The lowest BCUT2D eigenvalue weighted by Crippen LogP contribution is -2.15. The predicted molar refractivity (Wildman–Crippen MR) is 350 cm³/mol. The maximum atomic E-state index is 7.48. The van der Waals surface area contributed by atoms with Gasteiger partial charge in [-0.3, -0.25) is 0 Å². The SMILES string of the molecule is CCCC1c2cc3c4c(C)c2Oc2nc5ccccc5nc2Oc2c1cc1c(c2C)Oc2nc5ccccc5nc2Oc2c(cc5c(c2C)Oc2nc6ccccc6nc2Oc2c(cc(c(c2C)Oc2nc6ccccc6nc2O4)C3CCC)C5CCC)C1CCC. The number of hydrogen-bond donors (Lipinski definition) is 0. The van der Waals surface area contributed by atoms with Gasteiger partial charge in [0.2, 0.25) is 0 Å². The summed E-state index contributed by atoms with van der Waals surface area (Å²) >= 11 is 0. The Morgan fingerprint density at radius 2 is 0.380 bits per heavy atom. The molecule has 12 aromatic rings. The third-order valence-corrected chi connectivity index (χ3v) is 19.0. The highest BCUT2D eigenvalue weighted by molar-refractivity contribution is 5.81. The first kappa shape index (κ1) is 55.6. The minimum absolute atomic E-state index is 0.184. The first-order chi connectivity index (χ1) is 45.0. The molecule has 4 aromatic heterocycles. The number of nitrogens with zero attached hydrogens (tertiary/aromatic N) is 8. The summed E-state index contributed by atoms with van der Waals surface area (Å²) in [4.78, 5) is 42.0. The van der Waals surface area contributed by atoms with Gasteiger partial charge in [0.25, 0.3) is 47.0 Å². The van der Waals surface area contributed by atoms with Crippen molar-refractivity contribution in [2.45, 2.75) is 130 Å². The maximum absolute atomic E-state index is 7.48. The molecule has 456 valence electrons. The molecule has 8 bridgehead atoms. The quantitative estimate of drug-likeness (QED) is 0.140. The molecule has 0 saturated heterocycles. The van der Waals surface area contributed by atoms with Crippen molar-refractivity contribution in [2.75, 3.05) is 0 Å². The maximum Gasteiger partial charge on any atom is 0.284 e. The summed E-state index contributed by atoms with van der Waals surface area (Å²) in [7, 11) is 0. The lowest BCUT2D eigenvalue weighted by atomic mass is 9.75. The van der Waals surface area contributed by atoms with Gasteiger partial charge in [-0.2, -0.15) is 0 Å². The first-order valence-corrected chi connectivity index (χ1v) is 32.2. The zero-order valence-corrected chi connectivity index (χ0v) is 52.4. The molecule has 8 heterocycles. The van der Waals surface area contributed by atoms with Crippen LogP contribution in [0.4, 0.5) is 0 Å². The summed E-state index contributed by atoms with van der Waals surface area (Å²) in [6.45, 7) is 17.2. The van der Waals surface area contributed by atoms with Crippen LogP contribution in [-0.2, 0) is 0 Å². The molecule has 1 aliphatic carbocycles. The molecular weight excluding hydrogens is 1150 g/mol. The van der Waals surface area contributed by atoms with Gasteiger partial charge in [-0.25, -0.2) is 39.9 Å². The molecule has 16 nitrogen and oxygen atoms in total. The molecule has 0 atom stereocenters. The minimum atomic E-state index is -0.365. The standard InChI is InChI=1S/C76H64N8O8/c1-9-21-41-45-33-47-42(22-10-2)49-35-51-44(24-12-4)52-36-50-43(23-11-3)48-34-46(41)62-38(6)64(48)88-72-74(82-58-30-18-16-28-56(58)80-72)90-66(50)40(8)68(52)92-76-75(83-59-31-19-20-32-60(59)84-76)91-67(51)39(7)65(49)89-73-71(79-55-27-15-17-29-57(55)81-73)87-63(47)37(5)61(45)85-69-70(86-62)78-54-26-14-13-25-53(54)77-69/h13-20,25-36,41-44H,9-12,21-24H2,1-8H3.